The Hall–Kier alpha value is -4.23. The van der Waals surface area contributed by atoms with Crippen LogP contribution in [0.15, 0.2) is 109 Å². The normalized spacial score (nSPS) is 12.3. The van der Waals surface area contributed by atoms with Crippen molar-refractivity contribution in [3.05, 3.63) is 115 Å². The van der Waals surface area contributed by atoms with Gasteiger partial charge in [0, 0.05) is 11.1 Å². The summed E-state index contributed by atoms with van der Waals surface area (Å²) in [4.78, 5) is 5.23. The second kappa shape index (κ2) is 7.63. The molecule has 1 aromatic heterocycles. The molecule has 1 aliphatic carbocycles. The van der Waals surface area contributed by atoms with Crippen LogP contribution in [0.2, 0.25) is 0 Å². The van der Waals surface area contributed by atoms with Gasteiger partial charge in [0.1, 0.15) is 0 Å². The molecule has 36 heavy (non-hydrogen) atoms. The minimum absolute atomic E-state index is 0.134. The SMILES string of the molecule is CC(C)(C)c1ccc(-c2cccc(-c3c4ccccc4c4c5c(cccc35)-c3ccccc3-4)n2)cc1. The zero-order valence-corrected chi connectivity index (χ0v) is 20.8. The molecule has 0 bridgehead atoms. The summed E-state index contributed by atoms with van der Waals surface area (Å²) in [5, 5.41) is 5.15. The van der Waals surface area contributed by atoms with Gasteiger partial charge in [-0.15, -0.1) is 0 Å². The van der Waals surface area contributed by atoms with Gasteiger partial charge < -0.3 is 0 Å². The highest BCUT2D eigenvalue weighted by Crippen LogP contribution is 2.53. The van der Waals surface area contributed by atoms with Crippen molar-refractivity contribution < 1.29 is 0 Å². The van der Waals surface area contributed by atoms with Gasteiger partial charge in [-0.25, -0.2) is 4.98 Å². The van der Waals surface area contributed by atoms with Crippen LogP contribution in [0.4, 0.5) is 0 Å². The van der Waals surface area contributed by atoms with Crippen LogP contribution < -0.4 is 0 Å². The number of benzene rings is 5. The number of hydrogen-bond acceptors (Lipinski definition) is 1. The van der Waals surface area contributed by atoms with Crippen LogP contribution in [-0.4, -0.2) is 4.98 Å². The molecule has 6 aromatic rings. The number of fused-ring (bicyclic) bond motifs is 5. The van der Waals surface area contributed by atoms with E-state index in [2.05, 4.69) is 130 Å². The summed E-state index contributed by atoms with van der Waals surface area (Å²) >= 11 is 0. The summed E-state index contributed by atoms with van der Waals surface area (Å²) in [6.45, 7) is 6.75. The Labute approximate surface area is 212 Å². The van der Waals surface area contributed by atoms with E-state index in [-0.39, 0.29) is 5.41 Å². The summed E-state index contributed by atoms with van der Waals surface area (Å²) < 4.78 is 0. The predicted molar refractivity (Wildman–Crippen MR) is 153 cm³/mol. The third-order valence-electron chi connectivity index (χ3n) is 7.59. The van der Waals surface area contributed by atoms with Gasteiger partial charge in [0.15, 0.2) is 0 Å². The average molecular weight is 462 g/mol. The predicted octanol–water partition coefficient (Wildman–Crippen LogP) is 9.67. The number of rotatable bonds is 2. The van der Waals surface area contributed by atoms with Crippen molar-refractivity contribution in [3.8, 4) is 44.8 Å². The van der Waals surface area contributed by atoms with E-state index >= 15 is 0 Å². The molecule has 1 aliphatic rings. The first kappa shape index (κ1) is 21.1. The Morgan fingerprint density at radius 2 is 1.06 bits per heavy atom. The van der Waals surface area contributed by atoms with Gasteiger partial charge in [-0.2, -0.15) is 0 Å². The van der Waals surface area contributed by atoms with Gasteiger partial charge in [0.05, 0.1) is 11.4 Å². The van der Waals surface area contributed by atoms with Gasteiger partial charge in [0.2, 0.25) is 0 Å². The lowest BCUT2D eigenvalue weighted by Crippen LogP contribution is -2.10. The fourth-order valence-electron chi connectivity index (χ4n) is 5.82. The minimum atomic E-state index is 0.134. The number of pyridine rings is 1. The topological polar surface area (TPSA) is 12.9 Å². The first-order valence-electron chi connectivity index (χ1n) is 12.7. The standard InChI is InChI=1S/C35H27N/c1-35(2,3)23-20-18-22(19-21-23)30-16-9-17-31(36-30)32-27-12-6-7-13-28(27)33-25-11-5-4-10-24(25)26-14-8-15-29(32)34(26)33/h4-21H,1-3H3. The second-order valence-corrected chi connectivity index (χ2v) is 10.8. The van der Waals surface area contributed by atoms with E-state index in [0.717, 1.165) is 17.0 Å². The Morgan fingerprint density at radius 1 is 0.472 bits per heavy atom. The molecule has 0 unspecified atom stereocenters. The zero-order valence-electron chi connectivity index (χ0n) is 20.8. The molecule has 172 valence electrons. The van der Waals surface area contributed by atoms with E-state index in [1.807, 2.05) is 0 Å². The maximum atomic E-state index is 5.23. The lowest BCUT2D eigenvalue weighted by molar-refractivity contribution is 0.590. The Morgan fingerprint density at radius 3 is 1.81 bits per heavy atom. The van der Waals surface area contributed by atoms with Crippen molar-refractivity contribution in [1.82, 2.24) is 4.98 Å². The molecule has 0 radical (unpaired) electrons. The van der Waals surface area contributed by atoms with Gasteiger partial charge in [-0.3, -0.25) is 0 Å². The smallest absolute Gasteiger partial charge is 0.0722 e. The molecule has 0 spiro atoms. The summed E-state index contributed by atoms with van der Waals surface area (Å²) in [6.07, 6.45) is 0. The fourth-order valence-corrected chi connectivity index (χ4v) is 5.82. The summed E-state index contributed by atoms with van der Waals surface area (Å²) in [7, 11) is 0. The molecule has 7 rings (SSSR count). The molecular formula is C35H27N. The monoisotopic (exact) mass is 461 g/mol. The molecule has 0 saturated carbocycles. The van der Waals surface area contributed by atoms with Crippen molar-refractivity contribution >= 4 is 21.5 Å². The minimum Gasteiger partial charge on any atom is -0.248 e. The van der Waals surface area contributed by atoms with Crippen molar-refractivity contribution in [2.24, 2.45) is 0 Å². The second-order valence-electron chi connectivity index (χ2n) is 10.8. The molecule has 0 atom stereocenters. The molecule has 0 N–H and O–H groups in total. The van der Waals surface area contributed by atoms with E-state index in [0.29, 0.717) is 0 Å². The molecule has 0 aliphatic heterocycles. The molecule has 1 nitrogen and oxygen atoms in total. The highest BCUT2D eigenvalue weighted by Gasteiger charge is 2.26. The van der Waals surface area contributed by atoms with E-state index < -0.39 is 0 Å². The zero-order chi connectivity index (χ0) is 24.4. The van der Waals surface area contributed by atoms with E-state index in [1.54, 1.807) is 0 Å². The van der Waals surface area contributed by atoms with Gasteiger partial charge >= 0.3 is 0 Å². The Balaban J connectivity index is 1.50. The van der Waals surface area contributed by atoms with Crippen LogP contribution in [0.1, 0.15) is 26.3 Å². The summed E-state index contributed by atoms with van der Waals surface area (Å²) in [5.41, 5.74) is 11.2. The maximum Gasteiger partial charge on any atom is 0.0722 e. The summed E-state index contributed by atoms with van der Waals surface area (Å²) in [5.74, 6) is 0. The summed E-state index contributed by atoms with van der Waals surface area (Å²) in [6, 6.07) is 39.6. The number of aromatic nitrogens is 1. The maximum absolute atomic E-state index is 5.23. The molecule has 0 amide bonds. The Bertz CT molecular complexity index is 1800. The van der Waals surface area contributed by atoms with Crippen LogP contribution in [0.3, 0.4) is 0 Å². The quantitative estimate of drug-likeness (QED) is 0.234. The van der Waals surface area contributed by atoms with Crippen LogP contribution in [0.25, 0.3) is 66.3 Å². The molecule has 1 heteroatoms. The first-order chi connectivity index (χ1) is 17.5. The van der Waals surface area contributed by atoms with Crippen LogP contribution >= 0.6 is 0 Å². The van der Waals surface area contributed by atoms with Crippen molar-refractivity contribution in [3.63, 3.8) is 0 Å². The molecule has 0 fully saturated rings. The lowest BCUT2D eigenvalue weighted by atomic mass is 9.86. The Kier molecular flexibility index (Phi) is 4.47. The van der Waals surface area contributed by atoms with Crippen molar-refractivity contribution in [1.29, 1.82) is 0 Å². The highest BCUT2D eigenvalue weighted by molar-refractivity contribution is 6.28. The van der Waals surface area contributed by atoms with Crippen LogP contribution in [0, 0.1) is 0 Å². The van der Waals surface area contributed by atoms with Crippen molar-refractivity contribution in [2.75, 3.05) is 0 Å². The van der Waals surface area contributed by atoms with Crippen LogP contribution in [0.5, 0.6) is 0 Å². The fraction of sp³-hybridized carbons (Fsp3) is 0.114. The van der Waals surface area contributed by atoms with Crippen LogP contribution in [-0.2, 0) is 5.41 Å². The van der Waals surface area contributed by atoms with Crippen molar-refractivity contribution in [2.45, 2.75) is 26.2 Å². The van der Waals surface area contributed by atoms with E-state index in [1.165, 1.54) is 54.9 Å². The number of hydrogen-bond donors (Lipinski definition) is 0. The third-order valence-corrected chi connectivity index (χ3v) is 7.59. The third kappa shape index (κ3) is 3.06. The number of nitrogens with zero attached hydrogens (tertiary/aromatic N) is 1. The average Bonchev–Trinajstić information content (AvgIpc) is 3.25. The molecule has 5 aromatic carbocycles. The first-order valence-corrected chi connectivity index (χ1v) is 12.7. The lowest BCUT2D eigenvalue weighted by Gasteiger charge is -2.19. The molecular weight excluding hydrogens is 434 g/mol. The van der Waals surface area contributed by atoms with Gasteiger partial charge in [-0.1, -0.05) is 118 Å². The molecule has 1 heterocycles. The largest absolute Gasteiger partial charge is 0.248 e. The molecule has 0 saturated heterocycles. The van der Waals surface area contributed by atoms with Gasteiger partial charge in [-0.05, 0) is 66.9 Å². The van der Waals surface area contributed by atoms with E-state index in [4.69, 9.17) is 4.98 Å². The van der Waals surface area contributed by atoms with E-state index in [9.17, 15) is 0 Å². The highest BCUT2D eigenvalue weighted by atomic mass is 14.7. The van der Waals surface area contributed by atoms with Gasteiger partial charge in [0.25, 0.3) is 0 Å².